The maximum Gasteiger partial charge on any atom is 0.416 e. The van der Waals surface area contributed by atoms with Gasteiger partial charge in [-0.05, 0) is 66.8 Å². The average Bonchev–Trinajstić information content (AvgIpc) is 2.84. The highest BCUT2D eigenvalue weighted by Gasteiger charge is 2.43. The van der Waals surface area contributed by atoms with Crippen LogP contribution >= 0.6 is 0 Å². The molecule has 4 rings (SSSR count). The van der Waals surface area contributed by atoms with Crippen LogP contribution in [-0.4, -0.2) is 23.3 Å². The largest absolute Gasteiger partial charge is 0.416 e. The summed E-state index contributed by atoms with van der Waals surface area (Å²) in [6, 6.07) is 12.0. The molecule has 0 aromatic heterocycles. The van der Waals surface area contributed by atoms with Gasteiger partial charge in [-0.2, -0.15) is 13.2 Å². The van der Waals surface area contributed by atoms with Crippen LogP contribution in [0.1, 0.15) is 46.4 Å². The van der Waals surface area contributed by atoms with Crippen molar-refractivity contribution in [2.45, 2.75) is 32.5 Å². The molecule has 0 saturated carbocycles. The maximum atomic E-state index is 14.6. The zero-order valence-corrected chi connectivity index (χ0v) is 20.7. The third-order valence-corrected chi connectivity index (χ3v) is 6.74. The van der Waals surface area contributed by atoms with Crippen molar-refractivity contribution in [3.63, 3.8) is 0 Å². The molecule has 2 amide bonds. The number of nitrogens with one attached hydrogen (secondary N) is 1. The highest BCUT2D eigenvalue weighted by atomic mass is 19.4. The zero-order valence-electron chi connectivity index (χ0n) is 20.7. The number of halogens is 5. The number of nitrogen functional groups attached to an aromatic ring is 1. The van der Waals surface area contributed by atoms with E-state index in [9.17, 15) is 31.5 Å². The van der Waals surface area contributed by atoms with Gasteiger partial charge in [-0.15, -0.1) is 0 Å². The first-order valence-corrected chi connectivity index (χ1v) is 12.0. The SMILES string of the molecule is Cc1ccc(NC(=O)[C@H]2C[C@@H](C)CN(C(=O)c3c(F)cccc3F)[C@H]2c2ccc(N)cc2)cc1C(F)(F)F. The Morgan fingerprint density at radius 2 is 1.63 bits per heavy atom. The Morgan fingerprint density at radius 1 is 1.00 bits per heavy atom. The van der Waals surface area contributed by atoms with Crippen molar-refractivity contribution in [3.8, 4) is 0 Å². The third kappa shape index (κ3) is 5.49. The van der Waals surface area contributed by atoms with Crippen LogP contribution in [0.4, 0.5) is 33.3 Å². The minimum atomic E-state index is -4.61. The number of rotatable bonds is 4. The zero-order chi connectivity index (χ0) is 27.8. The van der Waals surface area contributed by atoms with E-state index >= 15 is 0 Å². The van der Waals surface area contributed by atoms with Gasteiger partial charge < -0.3 is 16.0 Å². The lowest BCUT2D eigenvalue weighted by Gasteiger charge is -2.43. The number of nitrogens with two attached hydrogens (primary N) is 1. The minimum absolute atomic E-state index is 0.00484. The Labute approximate surface area is 216 Å². The number of carbonyl (C=O) groups is 2. The number of nitrogens with zero attached hydrogens (tertiary/aromatic N) is 1. The highest BCUT2D eigenvalue weighted by molar-refractivity contribution is 5.97. The Balaban J connectivity index is 1.75. The summed E-state index contributed by atoms with van der Waals surface area (Å²) in [5, 5.41) is 2.56. The molecule has 3 atom stereocenters. The van der Waals surface area contributed by atoms with Crippen LogP contribution in [0.25, 0.3) is 0 Å². The van der Waals surface area contributed by atoms with Crippen molar-refractivity contribution in [2.75, 3.05) is 17.6 Å². The van der Waals surface area contributed by atoms with Crippen molar-refractivity contribution >= 4 is 23.2 Å². The number of amides is 2. The van der Waals surface area contributed by atoms with Crippen molar-refractivity contribution in [3.05, 3.63) is 94.6 Å². The van der Waals surface area contributed by atoms with E-state index in [0.717, 1.165) is 24.3 Å². The Kier molecular flexibility index (Phi) is 7.44. The van der Waals surface area contributed by atoms with Crippen molar-refractivity contribution < 1.29 is 31.5 Å². The summed E-state index contributed by atoms with van der Waals surface area (Å²) in [6.07, 6.45) is -4.33. The van der Waals surface area contributed by atoms with Crippen LogP contribution in [0.2, 0.25) is 0 Å². The molecule has 3 N–H and O–H groups in total. The number of carbonyl (C=O) groups excluding carboxylic acids is 2. The lowest BCUT2D eigenvalue weighted by atomic mass is 9.79. The van der Waals surface area contributed by atoms with E-state index in [2.05, 4.69) is 5.32 Å². The Bertz CT molecular complexity index is 1340. The summed E-state index contributed by atoms with van der Waals surface area (Å²) in [6.45, 7) is 3.21. The van der Waals surface area contributed by atoms with Crippen molar-refractivity contribution in [2.24, 2.45) is 11.8 Å². The number of piperidine rings is 1. The van der Waals surface area contributed by atoms with Gasteiger partial charge in [0, 0.05) is 17.9 Å². The van der Waals surface area contributed by atoms with Crippen LogP contribution in [0.5, 0.6) is 0 Å². The number of alkyl halides is 3. The molecule has 0 bridgehead atoms. The van der Waals surface area contributed by atoms with Gasteiger partial charge in [-0.3, -0.25) is 9.59 Å². The van der Waals surface area contributed by atoms with E-state index in [1.54, 1.807) is 31.2 Å². The van der Waals surface area contributed by atoms with E-state index in [0.29, 0.717) is 11.3 Å². The summed E-state index contributed by atoms with van der Waals surface area (Å²) in [7, 11) is 0. The number of hydrogen-bond donors (Lipinski definition) is 2. The van der Waals surface area contributed by atoms with Crippen LogP contribution in [-0.2, 0) is 11.0 Å². The number of likely N-dealkylation sites (tertiary alicyclic amines) is 1. The van der Waals surface area contributed by atoms with Crippen LogP contribution in [0.15, 0.2) is 60.7 Å². The van der Waals surface area contributed by atoms with Gasteiger partial charge in [-0.25, -0.2) is 8.78 Å². The molecule has 38 heavy (non-hydrogen) atoms. The predicted octanol–water partition coefficient (Wildman–Crippen LogP) is 6.35. The highest BCUT2D eigenvalue weighted by Crippen LogP contribution is 2.41. The molecule has 1 aliphatic rings. The van der Waals surface area contributed by atoms with E-state index in [1.807, 2.05) is 0 Å². The van der Waals surface area contributed by atoms with Gasteiger partial charge in [0.05, 0.1) is 17.5 Å². The molecule has 10 heteroatoms. The predicted molar refractivity (Wildman–Crippen MR) is 133 cm³/mol. The van der Waals surface area contributed by atoms with Gasteiger partial charge in [0.25, 0.3) is 5.91 Å². The summed E-state index contributed by atoms with van der Waals surface area (Å²) in [4.78, 5) is 28.3. The minimum Gasteiger partial charge on any atom is -0.399 e. The molecule has 1 saturated heterocycles. The van der Waals surface area contributed by atoms with Crippen molar-refractivity contribution in [1.82, 2.24) is 4.90 Å². The topological polar surface area (TPSA) is 75.4 Å². The van der Waals surface area contributed by atoms with Crippen LogP contribution in [0.3, 0.4) is 0 Å². The monoisotopic (exact) mass is 531 g/mol. The van der Waals surface area contributed by atoms with Gasteiger partial charge in [0.2, 0.25) is 5.91 Å². The lowest BCUT2D eigenvalue weighted by molar-refractivity contribution is -0.138. The fraction of sp³-hybridized carbons (Fsp3) is 0.286. The van der Waals surface area contributed by atoms with Crippen LogP contribution in [0, 0.1) is 30.4 Å². The maximum absolute atomic E-state index is 14.6. The molecular formula is C28H26F5N3O2. The summed E-state index contributed by atoms with van der Waals surface area (Å²) < 4.78 is 69.4. The number of aryl methyl sites for hydroxylation is 1. The number of hydrogen-bond acceptors (Lipinski definition) is 3. The summed E-state index contributed by atoms with van der Waals surface area (Å²) in [5.74, 6) is -4.81. The van der Waals surface area contributed by atoms with Gasteiger partial charge in [0.15, 0.2) is 0 Å². The molecule has 3 aromatic carbocycles. The third-order valence-electron chi connectivity index (χ3n) is 6.74. The Morgan fingerprint density at radius 3 is 2.24 bits per heavy atom. The quantitative estimate of drug-likeness (QED) is 0.304. The van der Waals surface area contributed by atoms with Gasteiger partial charge >= 0.3 is 6.18 Å². The summed E-state index contributed by atoms with van der Waals surface area (Å²) >= 11 is 0. The molecule has 1 heterocycles. The number of anilines is 2. The van der Waals surface area contributed by atoms with E-state index < -0.39 is 52.7 Å². The molecule has 5 nitrogen and oxygen atoms in total. The smallest absolute Gasteiger partial charge is 0.399 e. The molecule has 1 aliphatic heterocycles. The fourth-order valence-corrected chi connectivity index (χ4v) is 4.95. The van der Waals surface area contributed by atoms with Gasteiger partial charge in [0.1, 0.15) is 17.2 Å². The first-order chi connectivity index (χ1) is 17.9. The second-order valence-electron chi connectivity index (χ2n) is 9.63. The van der Waals surface area contributed by atoms with E-state index in [4.69, 9.17) is 5.73 Å². The normalized spacial score (nSPS) is 19.8. The summed E-state index contributed by atoms with van der Waals surface area (Å²) in [5.41, 5.74) is 5.06. The standard InChI is InChI=1S/C28H26F5N3O2/c1-15-12-20(26(37)35-19-11-6-16(2)21(13-19)28(31,32)33)25(17-7-9-18(34)10-8-17)36(14-15)27(38)24-22(29)4-3-5-23(24)30/h3-11,13,15,20,25H,12,14,34H2,1-2H3,(H,35,37)/t15-,20+,25+/m1/s1. The molecule has 0 radical (unpaired) electrons. The molecule has 200 valence electrons. The molecule has 0 aliphatic carbocycles. The first-order valence-electron chi connectivity index (χ1n) is 12.0. The van der Waals surface area contributed by atoms with E-state index in [-0.39, 0.29) is 30.1 Å². The molecular weight excluding hydrogens is 505 g/mol. The second-order valence-corrected chi connectivity index (χ2v) is 9.63. The van der Waals surface area contributed by atoms with Crippen molar-refractivity contribution in [1.29, 1.82) is 0 Å². The fourth-order valence-electron chi connectivity index (χ4n) is 4.95. The first kappa shape index (κ1) is 27.1. The second kappa shape index (κ2) is 10.4. The number of benzene rings is 3. The molecule has 1 fully saturated rings. The van der Waals surface area contributed by atoms with Gasteiger partial charge in [-0.1, -0.05) is 31.2 Å². The van der Waals surface area contributed by atoms with E-state index in [1.165, 1.54) is 24.0 Å². The average molecular weight is 532 g/mol. The Hall–Kier alpha value is -3.95. The van der Waals surface area contributed by atoms with Crippen LogP contribution < -0.4 is 11.1 Å². The molecule has 0 unspecified atom stereocenters. The molecule has 0 spiro atoms. The lowest BCUT2D eigenvalue weighted by Crippen LogP contribution is -2.49. The molecule has 3 aromatic rings.